The van der Waals surface area contributed by atoms with E-state index in [-0.39, 0.29) is 6.04 Å². The number of hydrogen-bond donors (Lipinski definition) is 2. The molecule has 0 spiro atoms. The third-order valence-corrected chi connectivity index (χ3v) is 3.76. The number of halogens is 1. The van der Waals surface area contributed by atoms with Gasteiger partial charge in [-0.2, -0.15) is 0 Å². The molecule has 112 valence electrons. The summed E-state index contributed by atoms with van der Waals surface area (Å²) < 4.78 is 25.0. The lowest BCUT2D eigenvalue weighted by Gasteiger charge is -2.17. The highest BCUT2D eigenvalue weighted by atomic mass is 35.5. The van der Waals surface area contributed by atoms with Crippen LogP contribution in [0.3, 0.4) is 0 Å². The Morgan fingerprint density at radius 1 is 1.29 bits per heavy atom. The number of nitrogens with one attached hydrogen (secondary N) is 2. The van der Waals surface area contributed by atoms with Crippen LogP contribution in [0.25, 0.3) is 0 Å². The Morgan fingerprint density at radius 2 is 2.05 bits per heavy atom. The molecule has 5 nitrogen and oxygen atoms in total. The maximum Gasteiger partial charge on any atom is 0.229 e. The van der Waals surface area contributed by atoms with Crippen molar-refractivity contribution < 1.29 is 8.42 Å². The first kappa shape index (κ1) is 15.6. The van der Waals surface area contributed by atoms with Crippen molar-refractivity contribution in [3.8, 4) is 0 Å². The van der Waals surface area contributed by atoms with Crippen LogP contribution in [-0.4, -0.2) is 19.7 Å². The fraction of sp³-hybridized carbons (Fsp3) is 0.214. The molecular weight excluding hydrogens is 310 g/mol. The Hall–Kier alpha value is -1.79. The number of hydrogen-bond acceptors (Lipinski definition) is 4. The van der Waals surface area contributed by atoms with Gasteiger partial charge in [-0.1, -0.05) is 17.7 Å². The van der Waals surface area contributed by atoms with E-state index in [0.717, 1.165) is 11.8 Å². The summed E-state index contributed by atoms with van der Waals surface area (Å²) in [4.78, 5) is 4.07. The van der Waals surface area contributed by atoms with Gasteiger partial charge in [0.2, 0.25) is 10.0 Å². The van der Waals surface area contributed by atoms with Crippen LogP contribution in [-0.2, 0) is 10.0 Å². The molecule has 2 N–H and O–H groups in total. The standard InChI is InChI=1S/C14H16ClN3O2S/c1-10(11-4-3-7-16-9-11)17-14-8-12(5-6-13(14)15)18-21(2,19)20/h3-10,17-18H,1-2H3. The van der Waals surface area contributed by atoms with E-state index in [1.165, 1.54) is 0 Å². The molecule has 0 saturated carbocycles. The Balaban J connectivity index is 2.21. The zero-order chi connectivity index (χ0) is 15.5. The van der Waals surface area contributed by atoms with Gasteiger partial charge >= 0.3 is 0 Å². The molecule has 0 radical (unpaired) electrons. The predicted octanol–water partition coefficient (Wildman–Crippen LogP) is 3.28. The molecule has 1 atom stereocenters. The van der Waals surface area contributed by atoms with Crippen LogP contribution in [0.15, 0.2) is 42.7 Å². The minimum atomic E-state index is -3.32. The van der Waals surface area contributed by atoms with Gasteiger partial charge in [0.15, 0.2) is 0 Å². The summed E-state index contributed by atoms with van der Waals surface area (Å²) in [5, 5.41) is 3.76. The maximum atomic E-state index is 11.3. The largest absolute Gasteiger partial charge is 0.377 e. The zero-order valence-corrected chi connectivity index (χ0v) is 13.2. The van der Waals surface area contributed by atoms with Gasteiger partial charge in [-0.25, -0.2) is 8.42 Å². The summed E-state index contributed by atoms with van der Waals surface area (Å²) in [5.74, 6) is 0. The molecule has 21 heavy (non-hydrogen) atoms. The summed E-state index contributed by atoms with van der Waals surface area (Å²) in [6.45, 7) is 1.98. The number of aromatic nitrogens is 1. The average Bonchev–Trinajstić information content (AvgIpc) is 2.42. The van der Waals surface area contributed by atoms with Gasteiger partial charge < -0.3 is 5.32 Å². The summed E-state index contributed by atoms with van der Waals surface area (Å²) in [6, 6.07) is 8.73. The van der Waals surface area contributed by atoms with Crippen molar-refractivity contribution in [2.24, 2.45) is 0 Å². The second-order valence-electron chi connectivity index (χ2n) is 4.72. The van der Waals surface area contributed by atoms with Crippen molar-refractivity contribution in [1.29, 1.82) is 0 Å². The topological polar surface area (TPSA) is 71.1 Å². The second-order valence-corrected chi connectivity index (χ2v) is 6.88. The molecular formula is C14H16ClN3O2S. The van der Waals surface area contributed by atoms with Gasteiger partial charge in [0.1, 0.15) is 0 Å². The molecule has 0 bridgehead atoms. The van der Waals surface area contributed by atoms with Crippen LogP contribution in [0.5, 0.6) is 0 Å². The van der Waals surface area contributed by atoms with Crippen LogP contribution in [0.2, 0.25) is 5.02 Å². The highest BCUT2D eigenvalue weighted by Gasteiger charge is 2.10. The van der Waals surface area contributed by atoms with Crippen molar-refractivity contribution >= 4 is 33.0 Å². The SMILES string of the molecule is CC(Nc1cc(NS(C)(=O)=O)ccc1Cl)c1cccnc1. The number of sulfonamides is 1. The van der Waals surface area contributed by atoms with E-state index in [9.17, 15) is 8.42 Å². The smallest absolute Gasteiger partial charge is 0.229 e. The predicted molar refractivity (Wildman–Crippen MR) is 86.2 cm³/mol. The van der Waals surface area contributed by atoms with Gasteiger partial charge in [0, 0.05) is 12.4 Å². The first-order valence-corrected chi connectivity index (χ1v) is 8.56. The molecule has 7 heteroatoms. The van der Waals surface area contributed by atoms with Crippen molar-refractivity contribution in [3.63, 3.8) is 0 Å². The quantitative estimate of drug-likeness (QED) is 0.885. The minimum absolute atomic E-state index is 0.00955. The number of rotatable bonds is 5. The lowest BCUT2D eigenvalue weighted by molar-refractivity contribution is 0.607. The number of anilines is 2. The first-order chi connectivity index (χ1) is 9.85. The average molecular weight is 326 g/mol. The van der Waals surface area contributed by atoms with E-state index >= 15 is 0 Å². The van der Waals surface area contributed by atoms with E-state index in [0.29, 0.717) is 16.4 Å². The molecule has 1 aromatic carbocycles. The van der Waals surface area contributed by atoms with Crippen molar-refractivity contribution in [3.05, 3.63) is 53.3 Å². The highest BCUT2D eigenvalue weighted by Crippen LogP contribution is 2.29. The van der Waals surface area contributed by atoms with Gasteiger partial charge in [-0.15, -0.1) is 0 Å². The second kappa shape index (κ2) is 6.32. The molecule has 0 saturated heterocycles. The van der Waals surface area contributed by atoms with Gasteiger partial charge in [0.25, 0.3) is 0 Å². The van der Waals surface area contributed by atoms with Gasteiger partial charge in [0.05, 0.1) is 28.7 Å². The van der Waals surface area contributed by atoms with E-state index in [1.54, 1.807) is 30.6 Å². The van der Waals surface area contributed by atoms with E-state index in [2.05, 4.69) is 15.0 Å². The van der Waals surface area contributed by atoms with Crippen LogP contribution < -0.4 is 10.0 Å². The molecule has 2 rings (SSSR count). The molecule has 0 amide bonds. The monoisotopic (exact) mass is 325 g/mol. The van der Waals surface area contributed by atoms with Gasteiger partial charge in [-0.05, 0) is 36.8 Å². The van der Waals surface area contributed by atoms with Crippen LogP contribution in [0.4, 0.5) is 11.4 Å². The Kier molecular flexibility index (Phi) is 4.69. The molecule has 2 aromatic rings. The molecule has 0 aliphatic carbocycles. The number of benzene rings is 1. The minimum Gasteiger partial charge on any atom is -0.377 e. The summed E-state index contributed by atoms with van der Waals surface area (Å²) in [6.07, 6.45) is 4.58. The van der Waals surface area contributed by atoms with Gasteiger partial charge in [-0.3, -0.25) is 9.71 Å². The first-order valence-electron chi connectivity index (χ1n) is 6.29. The summed E-state index contributed by atoms with van der Waals surface area (Å²) in [5.41, 5.74) is 2.12. The highest BCUT2D eigenvalue weighted by molar-refractivity contribution is 7.92. The number of pyridine rings is 1. The van der Waals surface area contributed by atoms with Crippen LogP contribution >= 0.6 is 11.6 Å². The maximum absolute atomic E-state index is 11.3. The third-order valence-electron chi connectivity index (χ3n) is 2.83. The lowest BCUT2D eigenvalue weighted by Crippen LogP contribution is -2.11. The Morgan fingerprint density at radius 3 is 2.67 bits per heavy atom. The summed E-state index contributed by atoms with van der Waals surface area (Å²) >= 11 is 6.14. The fourth-order valence-corrected chi connectivity index (χ4v) is 2.59. The molecule has 0 aliphatic rings. The Labute approximate surface area is 129 Å². The van der Waals surface area contributed by atoms with Crippen molar-refractivity contribution in [2.45, 2.75) is 13.0 Å². The van der Waals surface area contributed by atoms with Crippen molar-refractivity contribution in [1.82, 2.24) is 4.98 Å². The molecule has 1 unspecified atom stereocenters. The van der Waals surface area contributed by atoms with E-state index in [1.807, 2.05) is 19.1 Å². The molecule has 0 aliphatic heterocycles. The number of nitrogens with zero attached hydrogens (tertiary/aromatic N) is 1. The van der Waals surface area contributed by atoms with E-state index in [4.69, 9.17) is 11.6 Å². The third kappa shape index (κ3) is 4.61. The molecule has 1 aromatic heterocycles. The fourth-order valence-electron chi connectivity index (χ4n) is 1.86. The van der Waals surface area contributed by atoms with E-state index < -0.39 is 10.0 Å². The molecule has 1 heterocycles. The molecule has 0 fully saturated rings. The lowest BCUT2D eigenvalue weighted by atomic mass is 10.1. The Bertz CT molecular complexity index is 720. The normalized spacial score (nSPS) is 12.7. The van der Waals surface area contributed by atoms with Crippen LogP contribution in [0.1, 0.15) is 18.5 Å². The zero-order valence-electron chi connectivity index (χ0n) is 11.7. The van der Waals surface area contributed by atoms with Crippen molar-refractivity contribution in [2.75, 3.05) is 16.3 Å². The van der Waals surface area contributed by atoms with Crippen LogP contribution in [0, 0.1) is 0 Å². The summed E-state index contributed by atoms with van der Waals surface area (Å²) in [7, 11) is -3.32.